The molecule has 0 spiro atoms. The molecule has 0 bridgehead atoms. The van der Waals surface area contributed by atoms with Crippen LogP contribution >= 0.6 is 0 Å². The normalized spacial score (nSPS) is 54.9. The fraction of sp³-hybridized carbons (Fsp3) is 0.867. The van der Waals surface area contributed by atoms with Gasteiger partial charge in [-0.25, -0.2) is 4.79 Å². The lowest BCUT2D eigenvalue weighted by Crippen LogP contribution is -2.71. The van der Waals surface area contributed by atoms with E-state index in [9.17, 15) is 35.1 Å². The van der Waals surface area contributed by atoms with Gasteiger partial charge in [-0.3, -0.25) is 0 Å². The molecule has 5 fully saturated rings. The zero-order chi connectivity index (χ0) is 29.5. The van der Waals surface area contributed by atoms with Crippen LogP contribution in [0.15, 0.2) is 11.6 Å². The first-order valence-electron chi connectivity index (χ1n) is 15.0. The average molecular weight is 581 g/mol. The number of fused-ring (bicyclic) bond motifs is 5. The van der Waals surface area contributed by atoms with Gasteiger partial charge >= 0.3 is 5.97 Å². The van der Waals surface area contributed by atoms with Gasteiger partial charge in [0, 0.05) is 25.0 Å². The summed E-state index contributed by atoms with van der Waals surface area (Å²) < 4.78 is 22.6. The molecule has 0 aromatic rings. The summed E-state index contributed by atoms with van der Waals surface area (Å²) >= 11 is 0. The Bertz CT molecular complexity index is 1100. The van der Waals surface area contributed by atoms with E-state index >= 15 is 0 Å². The van der Waals surface area contributed by atoms with E-state index in [1.165, 1.54) is 13.2 Å². The summed E-state index contributed by atoms with van der Waals surface area (Å²) in [6.45, 7) is 3.70. The molecule has 14 atom stereocenters. The van der Waals surface area contributed by atoms with Gasteiger partial charge in [-0.1, -0.05) is 6.92 Å². The van der Waals surface area contributed by atoms with Crippen LogP contribution < -0.4 is 0 Å². The third-order valence-electron chi connectivity index (χ3n) is 12.3. The van der Waals surface area contributed by atoms with Gasteiger partial charge in [0.05, 0.1) is 34.9 Å². The number of aldehydes is 1. The Balaban J connectivity index is 1.25. The molecular weight excluding hydrogens is 536 g/mol. The number of cyclic esters (lactones) is 1. The topological polar surface area (TPSA) is 172 Å². The molecule has 11 nitrogen and oxygen atoms in total. The molecular formula is C30H44O11. The zero-order valence-corrected chi connectivity index (χ0v) is 24.0. The highest BCUT2D eigenvalue weighted by Crippen LogP contribution is 2.70. The van der Waals surface area contributed by atoms with Crippen LogP contribution in [0.25, 0.3) is 0 Å². The molecule has 6 aliphatic rings. The van der Waals surface area contributed by atoms with E-state index in [0.717, 1.165) is 11.9 Å². The van der Waals surface area contributed by atoms with Crippen LogP contribution in [-0.2, 0) is 28.5 Å². The first-order valence-corrected chi connectivity index (χ1v) is 15.0. The van der Waals surface area contributed by atoms with Crippen molar-refractivity contribution >= 4 is 12.3 Å². The number of methoxy groups -OCH3 is 1. The molecule has 4 saturated carbocycles. The maximum atomic E-state index is 13.1. The van der Waals surface area contributed by atoms with Crippen molar-refractivity contribution in [3.05, 3.63) is 11.6 Å². The van der Waals surface area contributed by atoms with Gasteiger partial charge in [0.1, 0.15) is 31.2 Å². The van der Waals surface area contributed by atoms with Crippen LogP contribution in [0, 0.1) is 28.6 Å². The van der Waals surface area contributed by atoms with Crippen molar-refractivity contribution in [3.63, 3.8) is 0 Å². The summed E-state index contributed by atoms with van der Waals surface area (Å²) in [7, 11) is 1.40. The molecule has 0 aromatic carbocycles. The molecule has 0 amide bonds. The Hall–Kier alpha value is -1.44. The van der Waals surface area contributed by atoms with Gasteiger partial charge in [-0.2, -0.15) is 0 Å². The highest BCUT2D eigenvalue weighted by atomic mass is 16.7. The summed E-state index contributed by atoms with van der Waals surface area (Å²) in [6, 6.07) is 0. The molecule has 2 aliphatic heterocycles. The first-order chi connectivity index (χ1) is 19.3. The zero-order valence-electron chi connectivity index (χ0n) is 24.0. The molecule has 0 aromatic heterocycles. The Morgan fingerprint density at radius 3 is 2.46 bits per heavy atom. The summed E-state index contributed by atoms with van der Waals surface area (Å²) in [6.07, 6.45) is -1.06. The van der Waals surface area contributed by atoms with Gasteiger partial charge in [0.2, 0.25) is 0 Å². The number of aliphatic hydroxyl groups is 5. The quantitative estimate of drug-likeness (QED) is 0.173. The third-order valence-corrected chi connectivity index (χ3v) is 12.3. The van der Waals surface area contributed by atoms with Crippen LogP contribution in [0.4, 0.5) is 0 Å². The largest absolute Gasteiger partial charge is 0.458 e. The molecule has 11 heteroatoms. The lowest BCUT2D eigenvalue weighted by atomic mass is 9.41. The highest BCUT2D eigenvalue weighted by Gasteiger charge is 2.74. The monoisotopic (exact) mass is 580 g/mol. The van der Waals surface area contributed by atoms with Crippen molar-refractivity contribution in [2.75, 3.05) is 13.7 Å². The SMILES string of the molecule is CO[C@H]1[C@H](OC2CC[C@]3(C=O)[C@H]4CC(O)[C@]5(C)[C@@H](C6=CC(=O)OC6)CC[C@]5(O)[C@@H]4CCC3(O)C2)O[C@H](C)[C@@H](O)[C@@H]1O. The number of aliphatic hydroxyl groups excluding tert-OH is 3. The second-order valence-corrected chi connectivity index (χ2v) is 13.7. The van der Waals surface area contributed by atoms with Crippen molar-refractivity contribution in [3.8, 4) is 0 Å². The Kier molecular flexibility index (Phi) is 7.26. The Morgan fingerprint density at radius 1 is 1.05 bits per heavy atom. The van der Waals surface area contributed by atoms with Crippen LogP contribution in [-0.4, -0.2) is 106 Å². The second-order valence-electron chi connectivity index (χ2n) is 13.7. The van der Waals surface area contributed by atoms with Crippen molar-refractivity contribution in [1.29, 1.82) is 0 Å². The molecule has 2 heterocycles. The van der Waals surface area contributed by atoms with E-state index < -0.39 is 76.8 Å². The van der Waals surface area contributed by atoms with Gasteiger partial charge in [-0.05, 0) is 75.2 Å². The summed E-state index contributed by atoms with van der Waals surface area (Å²) in [5.74, 6) is -1.36. The molecule has 5 N–H and O–H groups in total. The first kappa shape index (κ1) is 29.6. The van der Waals surface area contributed by atoms with E-state index in [-0.39, 0.29) is 37.7 Å². The number of rotatable bonds is 5. The summed E-state index contributed by atoms with van der Waals surface area (Å²) in [5, 5.41) is 57.0. The number of hydrogen-bond donors (Lipinski definition) is 5. The summed E-state index contributed by atoms with van der Waals surface area (Å²) in [5.41, 5.74) is -3.98. The average Bonchev–Trinajstić information content (AvgIpc) is 3.48. The minimum absolute atomic E-state index is 0.152. The predicted molar refractivity (Wildman–Crippen MR) is 141 cm³/mol. The highest BCUT2D eigenvalue weighted by molar-refractivity contribution is 5.85. The van der Waals surface area contributed by atoms with Crippen LogP contribution in [0.2, 0.25) is 0 Å². The van der Waals surface area contributed by atoms with Gasteiger partial charge in [-0.15, -0.1) is 0 Å². The number of carbonyl (C=O) groups excluding carboxylic acids is 2. The van der Waals surface area contributed by atoms with E-state index in [4.69, 9.17) is 18.9 Å². The van der Waals surface area contributed by atoms with Gasteiger partial charge < -0.3 is 49.3 Å². The fourth-order valence-corrected chi connectivity index (χ4v) is 9.98. The van der Waals surface area contributed by atoms with Crippen molar-refractivity contribution in [2.45, 2.75) is 119 Å². The molecule has 4 aliphatic carbocycles. The molecule has 1 saturated heterocycles. The standard InChI is InChI=1S/C30H44O11/c1-15-23(34)24(35)25(38-3)26(40-15)41-17-4-7-28(14-31)20-11-21(32)27(2)18(16-10-22(33)39-13-16)6-9-30(27,37)19(20)5-8-29(28,36)12-17/h10,14-15,17-21,23-26,32,34-37H,4-9,11-13H2,1-3H3/t15-,17?,18-,19-,20+,21?,23-,24+,25-,26+,27+,28+,29?,30+/m1/s1. The summed E-state index contributed by atoms with van der Waals surface area (Å²) in [4.78, 5) is 24.9. The molecule has 6 rings (SSSR count). The third kappa shape index (κ3) is 4.00. The van der Waals surface area contributed by atoms with E-state index in [1.807, 2.05) is 6.92 Å². The molecule has 230 valence electrons. The lowest BCUT2D eigenvalue weighted by molar-refractivity contribution is -0.322. The number of esters is 1. The number of ether oxygens (including phenoxy) is 4. The molecule has 3 unspecified atom stereocenters. The fourth-order valence-electron chi connectivity index (χ4n) is 9.98. The van der Waals surface area contributed by atoms with Crippen LogP contribution in [0.1, 0.15) is 65.2 Å². The second kappa shape index (κ2) is 10.1. The lowest BCUT2D eigenvalue weighted by Gasteiger charge is -2.66. The molecule has 0 radical (unpaired) electrons. The number of hydrogen-bond acceptors (Lipinski definition) is 11. The van der Waals surface area contributed by atoms with E-state index in [2.05, 4.69) is 0 Å². The predicted octanol–water partition coefficient (Wildman–Crippen LogP) is 0.375. The maximum Gasteiger partial charge on any atom is 0.331 e. The maximum absolute atomic E-state index is 13.1. The Morgan fingerprint density at radius 2 is 1.80 bits per heavy atom. The minimum Gasteiger partial charge on any atom is -0.458 e. The smallest absolute Gasteiger partial charge is 0.331 e. The van der Waals surface area contributed by atoms with Crippen molar-refractivity contribution < 1.29 is 54.1 Å². The number of carbonyl (C=O) groups is 2. The van der Waals surface area contributed by atoms with Gasteiger partial charge in [0.15, 0.2) is 6.29 Å². The van der Waals surface area contributed by atoms with E-state index in [1.54, 1.807) is 6.92 Å². The van der Waals surface area contributed by atoms with E-state index in [0.29, 0.717) is 32.1 Å². The Labute approximate surface area is 239 Å². The van der Waals surface area contributed by atoms with Crippen LogP contribution in [0.3, 0.4) is 0 Å². The van der Waals surface area contributed by atoms with Crippen LogP contribution in [0.5, 0.6) is 0 Å². The minimum atomic E-state index is -1.42. The van der Waals surface area contributed by atoms with Crippen molar-refractivity contribution in [1.82, 2.24) is 0 Å². The van der Waals surface area contributed by atoms with Crippen molar-refractivity contribution in [2.24, 2.45) is 28.6 Å². The molecule has 41 heavy (non-hydrogen) atoms. The van der Waals surface area contributed by atoms with Gasteiger partial charge in [0.25, 0.3) is 0 Å².